The lowest BCUT2D eigenvalue weighted by atomic mass is 10.1. The molecule has 2 heterocycles. The topological polar surface area (TPSA) is 67.8 Å². The molecular formula is C28H28N4O3. The highest BCUT2D eigenvalue weighted by Crippen LogP contribution is 2.28. The van der Waals surface area contributed by atoms with Crippen molar-refractivity contribution in [2.75, 3.05) is 38.2 Å². The van der Waals surface area contributed by atoms with Gasteiger partial charge in [0.05, 0.1) is 35.7 Å². The minimum atomic E-state index is -0.570. The van der Waals surface area contributed by atoms with Gasteiger partial charge in [0.2, 0.25) is 0 Å². The van der Waals surface area contributed by atoms with Gasteiger partial charge in [0, 0.05) is 31.7 Å². The van der Waals surface area contributed by atoms with Crippen molar-refractivity contribution in [3.05, 3.63) is 79.0 Å². The van der Waals surface area contributed by atoms with Gasteiger partial charge in [0.25, 0.3) is 5.91 Å². The average molecular weight is 469 g/mol. The van der Waals surface area contributed by atoms with Crippen molar-refractivity contribution in [2.45, 2.75) is 13.0 Å². The number of piperazine rings is 1. The zero-order valence-electron chi connectivity index (χ0n) is 19.9. The van der Waals surface area contributed by atoms with Crippen LogP contribution in [0.1, 0.15) is 6.92 Å². The Balaban J connectivity index is 1.19. The maximum atomic E-state index is 13.0. The van der Waals surface area contributed by atoms with E-state index in [0.717, 1.165) is 46.8 Å². The first-order chi connectivity index (χ1) is 17.1. The van der Waals surface area contributed by atoms with Crippen molar-refractivity contribution in [3.63, 3.8) is 0 Å². The molecule has 1 aliphatic rings. The number of hydrogen-bond donors (Lipinski definition) is 0. The molecule has 1 atom stereocenters. The third kappa shape index (κ3) is 4.89. The Morgan fingerprint density at radius 1 is 0.886 bits per heavy atom. The Morgan fingerprint density at radius 2 is 1.57 bits per heavy atom. The standard InChI is InChI=1S/C28H28N4O3/c1-20(28(33)32-17-15-31(16-18-32)26-9-5-6-10-27(26)34-2)35-22-13-11-21(12-14-22)25-19-29-23-7-3-4-8-24(23)30-25/h3-14,19-20H,15-18H2,1-2H3. The molecule has 3 aromatic carbocycles. The van der Waals surface area contributed by atoms with Gasteiger partial charge in [0.1, 0.15) is 11.5 Å². The number of anilines is 1. The quantitative estimate of drug-likeness (QED) is 0.417. The van der Waals surface area contributed by atoms with Crippen molar-refractivity contribution in [3.8, 4) is 22.8 Å². The first kappa shape index (κ1) is 22.7. The molecule has 0 N–H and O–H groups in total. The molecule has 1 aromatic heterocycles. The van der Waals surface area contributed by atoms with Crippen molar-refractivity contribution in [1.82, 2.24) is 14.9 Å². The third-order valence-corrected chi connectivity index (χ3v) is 6.28. The second kappa shape index (κ2) is 10.0. The fraction of sp³-hybridized carbons (Fsp3) is 0.250. The van der Waals surface area contributed by atoms with Crippen LogP contribution < -0.4 is 14.4 Å². The predicted molar refractivity (Wildman–Crippen MR) is 137 cm³/mol. The molecule has 0 saturated carbocycles. The molecule has 178 valence electrons. The summed E-state index contributed by atoms with van der Waals surface area (Å²) in [5, 5.41) is 0. The van der Waals surface area contributed by atoms with E-state index in [1.807, 2.05) is 71.6 Å². The molecule has 1 unspecified atom stereocenters. The smallest absolute Gasteiger partial charge is 0.263 e. The van der Waals surface area contributed by atoms with Gasteiger partial charge in [-0.25, -0.2) is 4.98 Å². The number of rotatable bonds is 6. The number of methoxy groups -OCH3 is 1. The summed E-state index contributed by atoms with van der Waals surface area (Å²) in [6, 6.07) is 23.4. The van der Waals surface area contributed by atoms with E-state index in [-0.39, 0.29) is 5.91 Å². The summed E-state index contributed by atoms with van der Waals surface area (Å²) in [7, 11) is 1.68. The summed E-state index contributed by atoms with van der Waals surface area (Å²) in [4.78, 5) is 26.3. The minimum absolute atomic E-state index is 0.00542. The van der Waals surface area contributed by atoms with E-state index in [9.17, 15) is 4.79 Å². The third-order valence-electron chi connectivity index (χ3n) is 6.28. The number of benzene rings is 3. The van der Waals surface area contributed by atoms with Gasteiger partial charge in [-0.1, -0.05) is 24.3 Å². The Bertz CT molecular complexity index is 1320. The molecule has 1 aliphatic heterocycles. The molecule has 0 aliphatic carbocycles. The second-order valence-corrected chi connectivity index (χ2v) is 8.51. The van der Waals surface area contributed by atoms with Gasteiger partial charge in [-0.3, -0.25) is 9.78 Å². The average Bonchev–Trinajstić information content (AvgIpc) is 2.93. The van der Waals surface area contributed by atoms with Crippen molar-refractivity contribution >= 4 is 22.6 Å². The highest BCUT2D eigenvalue weighted by Gasteiger charge is 2.27. The fourth-order valence-corrected chi connectivity index (χ4v) is 4.37. The summed E-state index contributed by atoms with van der Waals surface area (Å²) in [6.45, 7) is 4.59. The zero-order chi connectivity index (χ0) is 24.2. The van der Waals surface area contributed by atoms with Gasteiger partial charge in [0.15, 0.2) is 6.10 Å². The van der Waals surface area contributed by atoms with E-state index >= 15 is 0 Å². The van der Waals surface area contributed by atoms with Crippen LogP contribution in [-0.4, -0.2) is 60.2 Å². The van der Waals surface area contributed by atoms with Crippen LogP contribution in [-0.2, 0) is 4.79 Å². The van der Waals surface area contributed by atoms with Crippen LogP contribution in [0.15, 0.2) is 79.0 Å². The molecule has 35 heavy (non-hydrogen) atoms. The Kier molecular flexibility index (Phi) is 6.48. The molecule has 1 fully saturated rings. The van der Waals surface area contributed by atoms with E-state index in [2.05, 4.69) is 20.9 Å². The van der Waals surface area contributed by atoms with Gasteiger partial charge in [-0.15, -0.1) is 0 Å². The molecule has 1 amide bonds. The molecule has 7 nitrogen and oxygen atoms in total. The number of fused-ring (bicyclic) bond motifs is 1. The lowest BCUT2D eigenvalue weighted by molar-refractivity contribution is -0.138. The first-order valence-corrected chi connectivity index (χ1v) is 11.8. The van der Waals surface area contributed by atoms with Crippen molar-refractivity contribution in [1.29, 1.82) is 0 Å². The predicted octanol–water partition coefficient (Wildman–Crippen LogP) is 4.42. The maximum absolute atomic E-state index is 13.0. The van der Waals surface area contributed by atoms with Crippen LogP contribution in [0.2, 0.25) is 0 Å². The normalized spacial score (nSPS) is 14.6. The Hall–Kier alpha value is -4.13. The molecule has 7 heteroatoms. The number of aromatic nitrogens is 2. The Labute approximate surface area is 204 Å². The van der Waals surface area contributed by atoms with Crippen molar-refractivity contribution in [2.24, 2.45) is 0 Å². The highest BCUT2D eigenvalue weighted by molar-refractivity contribution is 5.81. The van der Waals surface area contributed by atoms with Crippen LogP contribution >= 0.6 is 0 Å². The second-order valence-electron chi connectivity index (χ2n) is 8.51. The summed E-state index contributed by atoms with van der Waals surface area (Å²) >= 11 is 0. The first-order valence-electron chi connectivity index (χ1n) is 11.8. The van der Waals surface area contributed by atoms with E-state index < -0.39 is 6.10 Å². The molecule has 5 rings (SSSR count). The number of carbonyl (C=O) groups excluding carboxylic acids is 1. The van der Waals surface area contributed by atoms with E-state index in [4.69, 9.17) is 9.47 Å². The number of amides is 1. The lowest BCUT2D eigenvalue weighted by Crippen LogP contribution is -2.52. The lowest BCUT2D eigenvalue weighted by Gasteiger charge is -2.37. The van der Waals surface area contributed by atoms with Crippen LogP contribution in [0.4, 0.5) is 5.69 Å². The van der Waals surface area contributed by atoms with Gasteiger partial charge in [-0.2, -0.15) is 0 Å². The number of carbonyl (C=O) groups is 1. The van der Waals surface area contributed by atoms with Gasteiger partial charge < -0.3 is 19.3 Å². The van der Waals surface area contributed by atoms with Gasteiger partial charge >= 0.3 is 0 Å². The molecule has 0 spiro atoms. The molecule has 1 saturated heterocycles. The minimum Gasteiger partial charge on any atom is -0.495 e. The van der Waals surface area contributed by atoms with E-state index in [1.54, 1.807) is 20.2 Å². The number of ether oxygens (including phenoxy) is 2. The van der Waals surface area contributed by atoms with Crippen LogP contribution in [0.5, 0.6) is 11.5 Å². The summed E-state index contributed by atoms with van der Waals surface area (Å²) in [6.07, 6.45) is 1.20. The molecule has 4 aromatic rings. The maximum Gasteiger partial charge on any atom is 0.263 e. The van der Waals surface area contributed by atoms with Gasteiger partial charge in [-0.05, 0) is 55.5 Å². The van der Waals surface area contributed by atoms with E-state index in [1.165, 1.54) is 0 Å². The Morgan fingerprint density at radius 3 is 2.31 bits per heavy atom. The summed E-state index contributed by atoms with van der Waals surface area (Å²) in [5.41, 5.74) is 4.53. The van der Waals surface area contributed by atoms with E-state index in [0.29, 0.717) is 18.8 Å². The van der Waals surface area contributed by atoms with Crippen LogP contribution in [0.3, 0.4) is 0 Å². The fourth-order valence-electron chi connectivity index (χ4n) is 4.37. The zero-order valence-corrected chi connectivity index (χ0v) is 19.9. The monoisotopic (exact) mass is 468 g/mol. The molecule has 0 radical (unpaired) electrons. The SMILES string of the molecule is COc1ccccc1N1CCN(C(=O)C(C)Oc2ccc(-c3cnc4ccccc4n3)cc2)CC1. The number of hydrogen-bond acceptors (Lipinski definition) is 6. The molecule has 0 bridgehead atoms. The van der Waals surface area contributed by atoms with Crippen LogP contribution in [0.25, 0.3) is 22.3 Å². The largest absolute Gasteiger partial charge is 0.495 e. The summed E-state index contributed by atoms with van der Waals surface area (Å²) in [5.74, 6) is 1.49. The number of nitrogens with zero attached hydrogens (tertiary/aromatic N) is 4. The number of para-hydroxylation sites is 4. The summed E-state index contributed by atoms with van der Waals surface area (Å²) < 4.78 is 11.5. The molecular weight excluding hydrogens is 440 g/mol. The highest BCUT2D eigenvalue weighted by atomic mass is 16.5. The van der Waals surface area contributed by atoms with Crippen molar-refractivity contribution < 1.29 is 14.3 Å². The van der Waals surface area contributed by atoms with Crippen LogP contribution in [0, 0.1) is 0 Å².